The maximum Gasteiger partial charge on any atom is 0.417 e. The van der Waals surface area contributed by atoms with Crippen LogP contribution in [0, 0.1) is 0 Å². The number of hydrogen-bond donors (Lipinski definition) is 0. The first-order chi connectivity index (χ1) is 21.3. The van der Waals surface area contributed by atoms with Gasteiger partial charge >= 0.3 is 12.1 Å². The highest BCUT2D eigenvalue weighted by atomic mass is 32.2. The Bertz CT molecular complexity index is 1510. The molecule has 0 spiro atoms. The Kier molecular flexibility index (Phi) is 10.5. The van der Waals surface area contributed by atoms with E-state index in [9.17, 15) is 31.2 Å². The zero-order valence-corrected chi connectivity index (χ0v) is 27.3. The fourth-order valence-corrected chi connectivity index (χ4v) is 8.18. The molecule has 5 rings (SSSR count). The molecule has 3 aliphatic rings. The summed E-state index contributed by atoms with van der Waals surface area (Å²) < 4.78 is 74.7. The normalized spacial score (nSPS) is 18.9. The number of esters is 1. The molecule has 1 aromatic carbocycles. The number of thioether (sulfide) groups is 1. The number of sulfonamides is 1. The Hall–Kier alpha value is -2.62. The molecular weight excluding hydrogens is 631 g/mol. The number of likely N-dealkylation sites (tertiary alicyclic amines) is 2. The lowest BCUT2D eigenvalue weighted by molar-refractivity contribution is -0.141. The number of aryl methyl sites for hydroxylation is 1. The number of ether oxygens (including phenoxy) is 1. The van der Waals surface area contributed by atoms with E-state index < -0.39 is 27.7 Å². The van der Waals surface area contributed by atoms with Gasteiger partial charge in [0.2, 0.25) is 15.9 Å². The minimum Gasteiger partial charge on any atom is -0.465 e. The van der Waals surface area contributed by atoms with Crippen LogP contribution in [0.3, 0.4) is 0 Å². The van der Waals surface area contributed by atoms with Gasteiger partial charge in [-0.15, -0.1) is 11.8 Å². The molecule has 0 unspecified atom stereocenters. The predicted molar refractivity (Wildman–Crippen MR) is 164 cm³/mol. The maximum absolute atomic E-state index is 13.9. The highest BCUT2D eigenvalue weighted by Gasteiger charge is 2.35. The summed E-state index contributed by atoms with van der Waals surface area (Å²) in [6.07, 6.45) is 1.26. The minimum atomic E-state index is -4.63. The third-order valence-electron chi connectivity index (χ3n) is 8.73. The van der Waals surface area contributed by atoms with Gasteiger partial charge in [-0.1, -0.05) is 6.07 Å². The van der Waals surface area contributed by atoms with Crippen LogP contribution in [0.25, 0.3) is 11.3 Å². The van der Waals surface area contributed by atoms with Crippen molar-refractivity contribution in [1.82, 2.24) is 23.9 Å². The molecule has 0 N–H and O–H groups in total. The number of fused-ring (bicyclic) bond motifs is 1. The summed E-state index contributed by atoms with van der Waals surface area (Å²) in [5, 5.41) is 4.84. The van der Waals surface area contributed by atoms with Crippen LogP contribution in [-0.2, 0) is 50.0 Å². The molecule has 0 atom stereocenters. The van der Waals surface area contributed by atoms with Crippen molar-refractivity contribution in [2.75, 3.05) is 51.3 Å². The molecule has 45 heavy (non-hydrogen) atoms. The van der Waals surface area contributed by atoms with Crippen LogP contribution in [0.1, 0.15) is 55.8 Å². The van der Waals surface area contributed by atoms with E-state index in [1.807, 2.05) is 9.58 Å². The van der Waals surface area contributed by atoms with E-state index in [1.165, 1.54) is 16.4 Å². The fraction of sp³-hybridized carbons (Fsp3) is 0.633. The van der Waals surface area contributed by atoms with Gasteiger partial charge in [-0.25, -0.2) is 8.42 Å². The average molecular weight is 672 g/mol. The van der Waals surface area contributed by atoms with Crippen molar-refractivity contribution in [3.05, 3.63) is 35.0 Å². The lowest BCUT2D eigenvalue weighted by Gasteiger charge is -2.36. The van der Waals surface area contributed by atoms with Gasteiger partial charge in [0.05, 0.1) is 29.9 Å². The van der Waals surface area contributed by atoms with Gasteiger partial charge < -0.3 is 14.5 Å². The number of nitrogens with zero attached hydrogens (tertiary/aromatic N) is 5. The van der Waals surface area contributed by atoms with Crippen LogP contribution in [0.5, 0.6) is 0 Å². The summed E-state index contributed by atoms with van der Waals surface area (Å²) in [6.45, 7) is 6.25. The van der Waals surface area contributed by atoms with E-state index in [1.54, 1.807) is 6.92 Å². The first-order valence-electron chi connectivity index (χ1n) is 15.4. The number of hydrogen-bond acceptors (Lipinski definition) is 8. The highest BCUT2D eigenvalue weighted by molar-refractivity contribution is 8.00. The average Bonchev–Trinajstić information content (AvgIpc) is 3.58. The van der Waals surface area contributed by atoms with Crippen LogP contribution in [-0.4, -0.2) is 102 Å². The van der Waals surface area contributed by atoms with E-state index in [2.05, 4.69) is 4.90 Å². The minimum absolute atomic E-state index is 0.0819. The van der Waals surface area contributed by atoms with Gasteiger partial charge in [-0.05, 0) is 51.3 Å². The molecule has 4 heterocycles. The van der Waals surface area contributed by atoms with Gasteiger partial charge in [0.1, 0.15) is 0 Å². The summed E-state index contributed by atoms with van der Waals surface area (Å²) in [5.74, 6) is -0.625. The van der Waals surface area contributed by atoms with E-state index in [0.29, 0.717) is 48.8 Å². The standard InChI is InChI=1S/C30H40F3N5O5S2/c1-3-43-28(40)20-44-26-18-21(7-8-24(26)30(31,32)33)29-23-19-36(45(2,41)42)17-11-25(23)38(34-29)14-5-12-35-15-9-22(10-16-35)37-13-4-6-27(37)39/h7-8,18,22H,3-6,9-17,19-20H2,1-2H3. The van der Waals surface area contributed by atoms with Crippen molar-refractivity contribution in [2.45, 2.75) is 75.7 Å². The number of amides is 1. The van der Waals surface area contributed by atoms with Gasteiger partial charge in [0.25, 0.3) is 0 Å². The number of carbonyl (C=O) groups excluding carboxylic acids is 2. The van der Waals surface area contributed by atoms with E-state index in [4.69, 9.17) is 9.84 Å². The third-order valence-corrected chi connectivity index (χ3v) is 11.0. The molecule has 0 bridgehead atoms. The molecule has 0 radical (unpaired) electrons. The van der Waals surface area contributed by atoms with Gasteiger partial charge in [-0.2, -0.15) is 22.6 Å². The summed E-state index contributed by atoms with van der Waals surface area (Å²) in [7, 11) is -3.50. The summed E-state index contributed by atoms with van der Waals surface area (Å²) in [6, 6.07) is 4.05. The molecule has 0 aliphatic carbocycles. The van der Waals surface area contributed by atoms with Gasteiger partial charge in [0.15, 0.2) is 0 Å². The molecule has 15 heteroatoms. The molecule has 1 amide bonds. The van der Waals surface area contributed by atoms with Crippen LogP contribution in [0.15, 0.2) is 23.1 Å². The van der Waals surface area contributed by atoms with Crippen molar-refractivity contribution >= 4 is 33.7 Å². The second-order valence-corrected chi connectivity index (χ2v) is 14.8. The number of piperidine rings is 1. The number of aromatic nitrogens is 2. The summed E-state index contributed by atoms with van der Waals surface area (Å²) in [5.41, 5.74) is 1.59. The smallest absolute Gasteiger partial charge is 0.417 e. The van der Waals surface area contributed by atoms with Crippen LogP contribution in [0.4, 0.5) is 13.2 Å². The molecule has 248 valence electrons. The topological polar surface area (TPSA) is 105 Å². The van der Waals surface area contributed by atoms with Crippen molar-refractivity contribution in [2.24, 2.45) is 0 Å². The van der Waals surface area contributed by atoms with E-state index in [-0.39, 0.29) is 29.7 Å². The first kappa shape index (κ1) is 33.7. The lowest BCUT2D eigenvalue weighted by atomic mass is 10.0. The monoisotopic (exact) mass is 671 g/mol. The Labute approximate surface area is 266 Å². The Morgan fingerprint density at radius 1 is 1.11 bits per heavy atom. The van der Waals surface area contributed by atoms with Gasteiger partial charge in [-0.3, -0.25) is 14.3 Å². The summed E-state index contributed by atoms with van der Waals surface area (Å²) >= 11 is 0.755. The SMILES string of the molecule is CCOC(=O)CSc1cc(-c2nn(CCCN3CCC(N4CCCC4=O)CC3)c3c2CN(S(C)(=O)=O)CC3)ccc1C(F)(F)F. The van der Waals surface area contributed by atoms with Crippen LogP contribution in [0.2, 0.25) is 0 Å². The number of benzene rings is 1. The Balaban J connectivity index is 1.35. The van der Waals surface area contributed by atoms with Crippen molar-refractivity contribution in [1.29, 1.82) is 0 Å². The number of alkyl halides is 3. The highest BCUT2D eigenvalue weighted by Crippen LogP contribution is 2.40. The van der Waals surface area contributed by atoms with Crippen LogP contribution < -0.4 is 0 Å². The zero-order valence-electron chi connectivity index (χ0n) is 25.6. The zero-order chi connectivity index (χ0) is 32.4. The molecule has 2 aromatic rings. The van der Waals surface area contributed by atoms with Gasteiger partial charge in [0, 0.05) is 79.9 Å². The lowest BCUT2D eigenvalue weighted by Crippen LogP contribution is -2.45. The molecular formula is C30H40F3N5O5S2. The van der Waals surface area contributed by atoms with Crippen LogP contribution >= 0.6 is 11.8 Å². The predicted octanol–water partition coefficient (Wildman–Crippen LogP) is 4.02. The molecule has 2 fully saturated rings. The number of carbonyl (C=O) groups is 2. The fourth-order valence-electron chi connectivity index (χ4n) is 6.48. The number of rotatable bonds is 11. The van der Waals surface area contributed by atoms with Crippen molar-refractivity contribution in [3.63, 3.8) is 0 Å². The van der Waals surface area contributed by atoms with Crippen molar-refractivity contribution < 1.29 is 35.9 Å². The molecule has 3 aliphatic heterocycles. The second-order valence-electron chi connectivity index (χ2n) is 11.8. The largest absolute Gasteiger partial charge is 0.465 e. The molecule has 1 aromatic heterocycles. The Morgan fingerprint density at radius 3 is 2.51 bits per heavy atom. The summed E-state index contributed by atoms with van der Waals surface area (Å²) in [4.78, 5) is 28.4. The molecule has 2 saturated heterocycles. The third kappa shape index (κ3) is 8.03. The quantitative estimate of drug-likeness (QED) is 0.261. The van der Waals surface area contributed by atoms with E-state index >= 15 is 0 Å². The second kappa shape index (κ2) is 14.0. The molecule has 10 nitrogen and oxygen atoms in total. The Morgan fingerprint density at radius 2 is 1.87 bits per heavy atom. The van der Waals surface area contributed by atoms with Crippen molar-refractivity contribution in [3.8, 4) is 11.3 Å². The van der Waals surface area contributed by atoms with E-state index in [0.717, 1.165) is 81.6 Å². The maximum atomic E-state index is 13.9. The first-order valence-corrected chi connectivity index (χ1v) is 18.2. The number of halogens is 3. The molecule has 0 saturated carbocycles.